The first-order chi connectivity index (χ1) is 9.31. The number of aryl methyl sites for hydroxylation is 1. The van der Waals surface area contributed by atoms with Crippen molar-refractivity contribution in [3.05, 3.63) is 29.6 Å². The third-order valence-corrected chi connectivity index (χ3v) is 2.84. The Balaban J connectivity index is 2.50. The molecule has 0 aliphatic heterocycles. The summed E-state index contributed by atoms with van der Waals surface area (Å²) in [7, 11) is 0. The summed E-state index contributed by atoms with van der Waals surface area (Å²) < 4.78 is 13.5. The smallest absolute Gasteiger partial charge is 0.243 e. The largest absolute Gasteiger partial charge is 0.346 e. The van der Waals surface area contributed by atoms with Crippen LogP contribution in [0.2, 0.25) is 0 Å². The van der Waals surface area contributed by atoms with Crippen molar-refractivity contribution in [1.82, 2.24) is 5.32 Å². The van der Waals surface area contributed by atoms with Crippen molar-refractivity contribution >= 4 is 17.5 Å². The molecular weight excluding hydrogens is 261 g/mol. The molecule has 0 aromatic heterocycles. The third-order valence-electron chi connectivity index (χ3n) is 2.84. The van der Waals surface area contributed by atoms with E-state index in [1.54, 1.807) is 13.0 Å². The number of amides is 2. The maximum Gasteiger partial charge on any atom is 0.243 e. The standard InChI is InChI=1S/C14H20FN3O2/c1-8(2)13(16)14(20)17-7-12(19)18-11-5-4-9(3)6-10(11)15/h4-6,8,13H,7,16H2,1-3H3,(H,17,20)(H,18,19)/t13-/m0/s1. The van der Waals surface area contributed by atoms with Gasteiger partial charge in [0, 0.05) is 0 Å². The Bertz CT molecular complexity index is 503. The van der Waals surface area contributed by atoms with E-state index >= 15 is 0 Å². The molecule has 0 saturated carbocycles. The second-order valence-electron chi connectivity index (χ2n) is 5.02. The average Bonchev–Trinajstić information content (AvgIpc) is 2.38. The average molecular weight is 281 g/mol. The van der Waals surface area contributed by atoms with Gasteiger partial charge in [-0.1, -0.05) is 19.9 Å². The number of carbonyl (C=O) groups is 2. The quantitative estimate of drug-likeness (QED) is 0.757. The summed E-state index contributed by atoms with van der Waals surface area (Å²) in [4.78, 5) is 23.2. The molecule has 2 amide bonds. The van der Waals surface area contributed by atoms with Crippen LogP contribution in [0.4, 0.5) is 10.1 Å². The molecule has 20 heavy (non-hydrogen) atoms. The number of hydrogen-bond acceptors (Lipinski definition) is 3. The van der Waals surface area contributed by atoms with Gasteiger partial charge < -0.3 is 16.4 Å². The van der Waals surface area contributed by atoms with Gasteiger partial charge in [-0.15, -0.1) is 0 Å². The number of halogens is 1. The van der Waals surface area contributed by atoms with Crippen LogP contribution in [0, 0.1) is 18.7 Å². The molecule has 1 atom stereocenters. The highest BCUT2D eigenvalue weighted by atomic mass is 19.1. The first kappa shape index (κ1) is 16.1. The molecule has 0 aliphatic carbocycles. The summed E-state index contributed by atoms with van der Waals surface area (Å²) in [5.41, 5.74) is 6.48. The van der Waals surface area contributed by atoms with Gasteiger partial charge in [0.1, 0.15) is 5.82 Å². The van der Waals surface area contributed by atoms with Crippen LogP contribution in [-0.4, -0.2) is 24.4 Å². The molecule has 0 radical (unpaired) electrons. The van der Waals surface area contributed by atoms with Crippen LogP contribution in [0.3, 0.4) is 0 Å². The molecule has 0 heterocycles. The fourth-order valence-electron chi connectivity index (χ4n) is 1.50. The van der Waals surface area contributed by atoms with Gasteiger partial charge in [-0.2, -0.15) is 0 Å². The van der Waals surface area contributed by atoms with Gasteiger partial charge in [-0.25, -0.2) is 4.39 Å². The number of carbonyl (C=O) groups excluding carboxylic acids is 2. The van der Waals surface area contributed by atoms with Crippen LogP contribution in [-0.2, 0) is 9.59 Å². The van der Waals surface area contributed by atoms with Crippen molar-refractivity contribution in [1.29, 1.82) is 0 Å². The summed E-state index contributed by atoms with van der Waals surface area (Å²) in [5, 5.41) is 4.81. The summed E-state index contributed by atoms with van der Waals surface area (Å²) >= 11 is 0. The molecule has 0 spiro atoms. The van der Waals surface area contributed by atoms with E-state index in [9.17, 15) is 14.0 Å². The molecule has 5 nitrogen and oxygen atoms in total. The maximum absolute atomic E-state index is 13.5. The Labute approximate surface area is 117 Å². The zero-order chi connectivity index (χ0) is 15.3. The minimum Gasteiger partial charge on any atom is -0.346 e. The van der Waals surface area contributed by atoms with E-state index in [0.717, 1.165) is 5.56 Å². The lowest BCUT2D eigenvalue weighted by atomic mass is 10.1. The van der Waals surface area contributed by atoms with Gasteiger partial charge in [0.25, 0.3) is 0 Å². The molecule has 0 unspecified atom stereocenters. The number of anilines is 1. The number of nitrogens with two attached hydrogens (primary N) is 1. The van der Waals surface area contributed by atoms with E-state index in [-0.39, 0.29) is 18.2 Å². The molecule has 0 saturated heterocycles. The Hall–Kier alpha value is -1.95. The van der Waals surface area contributed by atoms with E-state index in [1.165, 1.54) is 12.1 Å². The predicted molar refractivity (Wildman–Crippen MR) is 75.6 cm³/mol. The van der Waals surface area contributed by atoms with Crippen molar-refractivity contribution in [3.8, 4) is 0 Å². The Kier molecular flexibility index (Phi) is 5.64. The number of benzene rings is 1. The van der Waals surface area contributed by atoms with Crippen LogP contribution in [0.15, 0.2) is 18.2 Å². The SMILES string of the molecule is Cc1ccc(NC(=O)CNC(=O)[C@@H](N)C(C)C)c(F)c1. The number of rotatable bonds is 5. The van der Waals surface area contributed by atoms with Crippen molar-refractivity contribution in [3.63, 3.8) is 0 Å². The van der Waals surface area contributed by atoms with Gasteiger partial charge in [0.15, 0.2) is 0 Å². The lowest BCUT2D eigenvalue weighted by molar-refractivity contribution is -0.125. The molecular formula is C14H20FN3O2. The molecule has 0 fully saturated rings. The summed E-state index contributed by atoms with van der Waals surface area (Å²) in [6.45, 7) is 5.13. The number of hydrogen-bond donors (Lipinski definition) is 3. The molecule has 4 N–H and O–H groups in total. The summed E-state index contributed by atoms with van der Waals surface area (Å²) in [5.74, 6) is -1.44. The molecule has 0 bridgehead atoms. The van der Waals surface area contributed by atoms with Gasteiger partial charge in [0.2, 0.25) is 11.8 Å². The monoisotopic (exact) mass is 281 g/mol. The van der Waals surface area contributed by atoms with Gasteiger partial charge in [-0.05, 0) is 30.5 Å². The Morgan fingerprint density at radius 2 is 2.00 bits per heavy atom. The van der Waals surface area contributed by atoms with Gasteiger partial charge >= 0.3 is 0 Å². The highest BCUT2D eigenvalue weighted by Gasteiger charge is 2.17. The lowest BCUT2D eigenvalue weighted by Gasteiger charge is -2.15. The zero-order valence-electron chi connectivity index (χ0n) is 11.9. The first-order valence-electron chi connectivity index (χ1n) is 6.40. The van der Waals surface area contributed by atoms with Crippen molar-refractivity contribution in [2.45, 2.75) is 26.8 Å². The fourth-order valence-corrected chi connectivity index (χ4v) is 1.50. The first-order valence-corrected chi connectivity index (χ1v) is 6.40. The van der Waals surface area contributed by atoms with Crippen LogP contribution in [0.1, 0.15) is 19.4 Å². The molecule has 1 aromatic rings. The highest BCUT2D eigenvalue weighted by Crippen LogP contribution is 2.14. The van der Waals surface area contributed by atoms with Crippen molar-refractivity contribution in [2.75, 3.05) is 11.9 Å². The van der Waals surface area contributed by atoms with Crippen LogP contribution in [0.5, 0.6) is 0 Å². The minimum absolute atomic E-state index is 0.0207. The van der Waals surface area contributed by atoms with Crippen LogP contribution < -0.4 is 16.4 Å². The zero-order valence-corrected chi connectivity index (χ0v) is 11.9. The Morgan fingerprint density at radius 1 is 1.35 bits per heavy atom. The minimum atomic E-state index is -0.668. The van der Waals surface area contributed by atoms with Gasteiger partial charge in [-0.3, -0.25) is 9.59 Å². The topological polar surface area (TPSA) is 84.2 Å². The molecule has 110 valence electrons. The number of nitrogens with one attached hydrogen (secondary N) is 2. The predicted octanol–water partition coefficient (Wildman–Crippen LogP) is 1.17. The van der Waals surface area contributed by atoms with Gasteiger partial charge in [0.05, 0.1) is 18.3 Å². The van der Waals surface area contributed by atoms with Crippen LogP contribution >= 0.6 is 0 Å². The third kappa shape index (κ3) is 4.62. The second-order valence-corrected chi connectivity index (χ2v) is 5.02. The normalized spacial score (nSPS) is 12.1. The summed E-state index contributed by atoms with van der Waals surface area (Å²) in [6, 6.07) is 3.82. The molecule has 1 rings (SSSR count). The highest BCUT2D eigenvalue weighted by molar-refractivity contribution is 5.95. The van der Waals surface area contributed by atoms with E-state index in [2.05, 4.69) is 10.6 Å². The van der Waals surface area contributed by atoms with E-state index in [4.69, 9.17) is 5.73 Å². The molecule has 6 heteroatoms. The van der Waals surface area contributed by atoms with Crippen molar-refractivity contribution < 1.29 is 14.0 Å². The fraction of sp³-hybridized carbons (Fsp3) is 0.429. The van der Waals surface area contributed by atoms with Crippen molar-refractivity contribution in [2.24, 2.45) is 11.7 Å². The van der Waals surface area contributed by atoms with E-state index < -0.39 is 23.7 Å². The maximum atomic E-state index is 13.5. The Morgan fingerprint density at radius 3 is 2.55 bits per heavy atom. The van der Waals surface area contributed by atoms with E-state index in [1.807, 2.05) is 13.8 Å². The molecule has 1 aromatic carbocycles. The van der Waals surface area contributed by atoms with E-state index in [0.29, 0.717) is 0 Å². The summed E-state index contributed by atoms with van der Waals surface area (Å²) in [6.07, 6.45) is 0. The molecule has 0 aliphatic rings. The van der Waals surface area contributed by atoms with Crippen LogP contribution in [0.25, 0.3) is 0 Å². The lowest BCUT2D eigenvalue weighted by Crippen LogP contribution is -2.46. The second kappa shape index (κ2) is 7.00.